The number of benzene rings is 2. The van der Waals surface area contributed by atoms with Crippen molar-refractivity contribution in [2.45, 2.75) is 32.6 Å². The van der Waals surface area contributed by atoms with Crippen molar-refractivity contribution < 1.29 is 14.4 Å². The number of rotatable bonds is 2. The molecule has 0 radical (unpaired) electrons. The Balaban J connectivity index is 2.06. The Kier molecular flexibility index (Phi) is 4.65. The monoisotopic (exact) mass is 323 g/mol. The van der Waals surface area contributed by atoms with Gasteiger partial charge in [0.05, 0.1) is 5.92 Å². The van der Waals surface area contributed by atoms with Gasteiger partial charge in [0, 0.05) is 6.92 Å². The van der Waals surface area contributed by atoms with Crippen LogP contribution in [0, 0.1) is 5.92 Å². The molecule has 0 fully saturated rings. The Morgan fingerprint density at radius 1 is 1.08 bits per heavy atom. The molecule has 2 aromatic carbocycles. The highest BCUT2D eigenvalue weighted by Gasteiger charge is 2.35. The van der Waals surface area contributed by atoms with Crippen LogP contribution in [-0.2, 0) is 20.8 Å². The van der Waals surface area contributed by atoms with Crippen LogP contribution in [0.1, 0.15) is 37.3 Å². The fourth-order valence-corrected chi connectivity index (χ4v) is 3.57. The van der Waals surface area contributed by atoms with Crippen molar-refractivity contribution in [2.24, 2.45) is 5.92 Å². The largest absolute Gasteiger partial charge is 0.340 e. The van der Waals surface area contributed by atoms with Crippen LogP contribution in [0.15, 0.2) is 48.5 Å². The highest BCUT2D eigenvalue weighted by atomic mass is 16.7. The second kappa shape index (κ2) is 6.87. The summed E-state index contributed by atoms with van der Waals surface area (Å²) in [6.07, 6.45) is 1.42. The van der Waals surface area contributed by atoms with Crippen LogP contribution in [0.4, 0.5) is 0 Å². The van der Waals surface area contributed by atoms with Gasteiger partial charge in [0.2, 0.25) is 5.91 Å². The molecule has 0 saturated heterocycles. The topological polar surface area (TPSA) is 55.4 Å². The standard InChI is InChI=1S/C20H21NO3/c1-3-15-17-10-6-7-11-18(17)16-9-5-4-8-14(16)12-19(15)20(23)24-21-13(2)22/h4-11,15,19H,3,12H2,1-2H3,(H,21,22). The molecular formula is C20H21NO3. The third kappa shape index (κ3) is 3.04. The number of hydrogen-bond acceptors (Lipinski definition) is 3. The third-order valence-electron chi connectivity index (χ3n) is 4.63. The minimum absolute atomic E-state index is 0.0508. The fraction of sp³-hybridized carbons (Fsp3) is 0.300. The van der Waals surface area contributed by atoms with Gasteiger partial charge < -0.3 is 4.84 Å². The molecule has 4 heteroatoms. The Morgan fingerprint density at radius 2 is 1.75 bits per heavy atom. The molecule has 2 unspecified atom stereocenters. The summed E-state index contributed by atoms with van der Waals surface area (Å²) in [5.41, 5.74) is 6.80. The van der Waals surface area contributed by atoms with E-state index >= 15 is 0 Å². The van der Waals surface area contributed by atoms with Crippen LogP contribution >= 0.6 is 0 Å². The van der Waals surface area contributed by atoms with Crippen molar-refractivity contribution in [3.63, 3.8) is 0 Å². The first-order valence-corrected chi connectivity index (χ1v) is 8.26. The van der Waals surface area contributed by atoms with Gasteiger partial charge in [-0.05, 0) is 41.0 Å². The van der Waals surface area contributed by atoms with Crippen molar-refractivity contribution in [3.05, 3.63) is 59.7 Å². The van der Waals surface area contributed by atoms with E-state index in [0.717, 1.165) is 17.5 Å². The van der Waals surface area contributed by atoms with Crippen molar-refractivity contribution in [1.82, 2.24) is 5.48 Å². The van der Waals surface area contributed by atoms with E-state index in [-0.39, 0.29) is 23.7 Å². The molecule has 124 valence electrons. The van der Waals surface area contributed by atoms with E-state index < -0.39 is 0 Å². The van der Waals surface area contributed by atoms with E-state index in [1.807, 2.05) is 24.3 Å². The lowest BCUT2D eigenvalue weighted by Crippen LogP contribution is -2.32. The molecule has 0 saturated carbocycles. The van der Waals surface area contributed by atoms with Gasteiger partial charge in [0.1, 0.15) is 0 Å². The van der Waals surface area contributed by atoms with E-state index in [1.165, 1.54) is 18.1 Å². The predicted molar refractivity (Wildman–Crippen MR) is 92.0 cm³/mol. The maximum Gasteiger partial charge on any atom is 0.336 e. The van der Waals surface area contributed by atoms with Gasteiger partial charge in [0.15, 0.2) is 0 Å². The normalized spacial score (nSPS) is 18.8. The van der Waals surface area contributed by atoms with Crippen LogP contribution in [0.5, 0.6) is 0 Å². The molecule has 1 amide bonds. The second-order valence-corrected chi connectivity index (χ2v) is 6.15. The first-order valence-electron chi connectivity index (χ1n) is 8.26. The lowest BCUT2D eigenvalue weighted by atomic mass is 9.81. The molecule has 0 aliphatic heterocycles. The quantitative estimate of drug-likeness (QED) is 0.859. The van der Waals surface area contributed by atoms with Crippen molar-refractivity contribution in [3.8, 4) is 11.1 Å². The highest BCUT2D eigenvalue weighted by molar-refractivity contribution is 5.81. The van der Waals surface area contributed by atoms with Crippen LogP contribution in [-0.4, -0.2) is 11.9 Å². The molecular weight excluding hydrogens is 302 g/mol. The van der Waals surface area contributed by atoms with Gasteiger partial charge in [-0.2, -0.15) is 5.48 Å². The van der Waals surface area contributed by atoms with Gasteiger partial charge >= 0.3 is 5.97 Å². The average Bonchev–Trinajstić information content (AvgIpc) is 2.74. The van der Waals surface area contributed by atoms with E-state index in [2.05, 4.69) is 36.7 Å². The lowest BCUT2D eigenvalue weighted by molar-refractivity contribution is -0.162. The first-order chi connectivity index (χ1) is 11.6. The Labute approximate surface area is 141 Å². The van der Waals surface area contributed by atoms with E-state index in [1.54, 1.807) is 0 Å². The van der Waals surface area contributed by atoms with E-state index in [4.69, 9.17) is 4.84 Å². The molecule has 0 bridgehead atoms. The summed E-state index contributed by atoms with van der Waals surface area (Å²) in [5, 5.41) is 0. The lowest BCUT2D eigenvalue weighted by Gasteiger charge is -2.23. The van der Waals surface area contributed by atoms with Gasteiger partial charge in [-0.15, -0.1) is 0 Å². The minimum atomic E-state index is -0.386. The van der Waals surface area contributed by atoms with Gasteiger partial charge in [-0.3, -0.25) is 4.79 Å². The molecule has 0 heterocycles. The van der Waals surface area contributed by atoms with Crippen LogP contribution in [0.25, 0.3) is 11.1 Å². The van der Waals surface area contributed by atoms with Gasteiger partial charge in [0.25, 0.3) is 0 Å². The Morgan fingerprint density at radius 3 is 2.46 bits per heavy atom. The molecule has 1 aliphatic carbocycles. The van der Waals surface area contributed by atoms with Crippen molar-refractivity contribution >= 4 is 11.9 Å². The summed E-state index contributed by atoms with van der Waals surface area (Å²) in [6.45, 7) is 3.40. The number of carbonyl (C=O) groups is 2. The molecule has 1 aliphatic rings. The van der Waals surface area contributed by atoms with E-state index in [0.29, 0.717) is 6.42 Å². The van der Waals surface area contributed by atoms with Crippen molar-refractivity contribution in [1.29, 1.82) is 0 Å². The summed E-state index contributed by atoms with van der Waals surface area (Å²) < 4.78 is 0. The van der Waals surface area contributed by atoms with Gasteiger partial charge in [-0.1, -0.05) is 55.5 Å². The molecule has 0 spiro atoms. The number of fused-ring (bicyclic) bond motifs is 3. The molecule has 2 atom stereocenters. The van der Waals surface area contributed by atoms with E-state index in [9.17, 15) is 9.59 Å². The summed E-state index contributed by atoms with van der Waals surface area (Å²) in [7, 11) is 0. The third-order valence-corrected chi connectivity index (χ3v) is 4.63. The smallest absolute Gasteiger partial charge is 0.336 e. The summed E-state index contributed by atoms with van der Waals surface area (Å²) in [6, 6.07) is 16.4. The summed E-state index contributed by atoms with van der Waals surface area (Å²) >= 11 is 0. The number of amides is 1. The summed E-state index contributed by atoms with van der Waals surface area (Å²) in [5.74, 6) is -1.05. The summed E-state index contributed by atoms with van der Waals surface area (Å²) in [4.78, 5) is 28.7. The zero-order valence-corrected chi connectivity index (χ0v) is 13.9. The SMILES string of the molecule is CCC1c2ccccc2-c2ccccc2CC1C(=O)ONC(C)=O. The first kappa shape index (κ1) is 16.2. The zero-order valence-electron chi connectivity index (χ0n) is 13.9. The number of nitrogens with one attached hydrogen (secondary N) is 1. The Hall–Kier alpha value is -2.62. The van der Waals surface area contributed by atoms with Crippen molar-refractivity contribution in [2.75, 3.05) is 0 Å². The predicted octanol–water partition coefficient (Wildman–Crippen LogP) is 3.61. The van der Waals surface area contributed by atoms with Gasteiger partial charge in [-0.25, -0.2) is 4.79 Å². The van der Waals surface area contributed by atoms with Crippen LogP contribution in [0.3, 0.4) is 0 Å². The Bertz CT molecular complexity index is 769. The zero-order chi connectivity index (χ0) is 17.1. The maximum absolute atomic E-state index is 12.6. The second-order valence-electron chi connectivity index (χ2n) is 6.15. The minimum Gasteiger partial charge on any atom is -0.340 e. The molecule has 4 nitrogen and oxygen atoms in total. The molecule has 24 heavy (non-hydrogen) atoms. The maximum atomic E-state index is 12.6. The van der Waals surface area contributed by atoms with Crippen LogP contribution in [0.2, 0.25) is 0 Å². The number of hydrogen-bond donors (Lipinski definition) is 1. The molecule has 0 aromatic heterocycles. The highest BCUT2D eigenvalue weighted by Crippen LogP contribution is 2.42. The average molecular weight is 323 g/mol. The number of carbonyl (C=O) groups excluding carboxylic acids is 2. The molecule has 2 aromatic rings. The molecule has 1 N–H and O–H groups in total. The van der Waals surface area contributed by atoms with Crippen LogP contribution < -0.4 is 5.48 Å². The fourth-order valence-electron chi connectivity index (χ4n) is 3.57. The molecule has 3 rings (SSSR count). The number of hydroxylamine groups is 1.